The Kier molecular flexibility index (Phi) is 4.71. The average molecular weight is 313 g/mol. The molecular formula is C17H23N5O. The second-order valence-corrected chi connectivity index (χ2v) is 5.95. The van der Waals surface area contributed by atoms with E-state index < -0.39 is 0 Å². The van der Waals surface area contributed by atoms with Gasteiger partial charge < -0.3 is 10.2 Å². The number of benzene rings is 1. The van der Waals surface area contributed by atoms with Gasteiger partial charge in [0.05, 0.1) is 12.2 Å². The fraction of sp³-hybridized carbons (Fsp3) is 0.471. The standard InChI is InChI=1S/C17H23N5O/c1-3-21(14-6-4-13(2)5-7-14)17(23)16-12-22(20-19-16)15-8-10-18-11-9-15/h4-7,12,15,18H,3,8-11H2,1-2H3. The predicted molar refractivity (Wildman–Crippen MR) is 89.7 cm³/mol. The molecule has 1 amide bonds. The van der Waals surface area contributed by atoms with Crippen molar-refractivity contribution < 1.29 is 4.79 Å². The number of aryl methyl sites for hydroxylation is 1. The molecule has 0 radical (unpaired) electrons. The topological polar surface area (TPSA) is 63.1 Å². The second kappa shape index (κ2) is 6.91. The summed E-state index contributed by atoms with van der Waals surface area (Å²) in [6, 6.07) is 8.29. The number of nitrogens with zero attached hydrogens (tertiary/aromatic N) is 4. The SMILES string of the molecule is CCN(C(=O)c1cn(C2CCNCC2)nn1)c1ccc(C)cc1. The lowest BCUT2D eigenvalue weighted by Gasteiger charge is -2.22. The highest BCUT2D eigenvalue weighted by Gasteiger charge is 2.22. The van der Waals surface area contributed by atoms with Crippen molar-refractivity contribution in [3.63, 3.8) is 0 Å². The molecule has 1 aromatic heterocycles. The fourth-order valence-electron chi connectivity index (χ4n) is 2.93. The van der Waals surface area contributed by atoms with Gasteiger partial charge in [-0.05, 0) is 51.9 Å². The Morgan fingerprint density at radius 2 is 2.00 bits per heavy atom. The maximum atomic E-state index is 12.8. The summed E-state index contributed by atoms with van der Waals surface area (Å²) < 4.78 is 1.84. The first kappa shape index (κ1) is 15.7. The maximum absolute atomic E-state index is 12.8. The molecule has 0 saturated carbocycles. The summed E-state index contributed by atoms with van der Waals surface area (Å²) in [4.78, 5) is 14.5. The average Bonchev–Trinajstić information content (AvgIpc) is 3.08. The number of hydrogen-bond acceptors (Lipinski definition) is 4. The van der Waals surface area contributed by atoms with Gasteiger partial charge in [-0.3, -0.25) is 4.79 Å². The lowest BCUT2D eigenvalue weighted by molar-refractivity contribution is 0.0983. The Morgan fingerprint density at radius 1 is 1.30 bits per heavy atom. The quantitative estimate of drug-likeness (QED) is 0.940. The molecule has 2 aromatic rings. The van der Waals surface area contributed by atoms with Gasteiger partial charge in [0.2, 0.25) is 0 Å². The van der Waals surface area contributed by atoms with Crippen molar-refractivity contribution in [3.8, 4) is 0 Å². The van der Waals surface area contributed by atoms with Crippen LogP contribution in [0.25, 0.3) is 0 Å². The zero-order valence-electron chi connectivity index (χ0n) is 13.7. The molecule has 0 atom stereocenters. The first-order valence-electron chi connectivity index (χ1n) is 8.20. The molecule has 2 heterocycles. The minimum atomic E-state index is -0.100. The van der Waals surface area contributed by atoms with Gasteiger partial charge in [-0.2, -0.15) is 0 Å². The number of rotatable bonds is 4. The Balaban J connectivity index is 1.78. The molecule has 1 aliphatic rings. The third kappa shape index (κ3) is 3.42. The number of aromatic nitrogens is 3. The smallest absolute Gasteiger partial charge is 0.280 e. The summed E-state index contributed by atoms with van der Waals surface area (Å²) in [6.45, 7) is 6.57. The molecule has 3 rings (SSSR count). The van der Waals surface area contributed by atoms with E-state index in [0.29, 0.717) is 18.3 Å². The van der Waals surface area contributed by atoms with Crippen LogP contribution in [0, 0.1) is 6.92 Å². The zero-order valence-corrected chi connectivity index (χ0v) is 13.7. The van der Waals surface area contributed by atoms with Crippen LogP contribution in [-0.2, 0) is 0 Å². The van der Waals surface area contributed by atoms with Crippen molar-refractivity contribution in [3.05, 3.63) is 41.7 Å². The normalized spacial score (nSPS) is 15.6. The molecular weight excluding hydrogens is 290 g/mol. The fourth-order valence-corrected chi connectivity index (χ4v) is 2.93. The maximum Gasteiger partial charge on any atom is 0.280 e. The number of anilines is 1. The number of nitrogens with one attached hydrogen (secondary N) is 1. The zero-order chi connectivity index (χ0) is 16.2. The minimum Gasteiger partial charge on any atom is -0.317 e. The van der Waals surface area contributed by atoms with Crippen LogP contribution in [0.15, 0.2) is 30.5 Å². The summed E-state index contributed by atoms with van der Waals surface area (Å²) >= 11 is 0. The van der Waals surface area contributed by atoms with Crippen molar-refractivity contribution in [1.29, 1.82) is 0 Å². The van der Waals surface area contributed by atoms with Crippen molar-refractivity contribution in [1.82, 2.24) is 20.3 Å². The predicted octanol–water partition coefficient (Wildman–Crippen LogP) is 2.18. The van der Waals surface area contributed by atoms with Crippen LogP contribution in [0.4, 0.5) is 5.69 Å². The van der Waals surface area contributed by atoms with E-state index in [4.69, 9.17) is 0 Å². The van der Waals surface area contributed by atoms with Crippen LogP contribution >= 0.6 is 0 Å². The Hall–Kier alpha value is -2.21. The number of amides is 1. The van der Waals surface area contributed by atoms with Crippen LogP contribution < -0.4 is 10.2 Å². The third-order valence-electron chi connectivity index (χ3n) is 4.32. The molecule has 6 nitrogen and oxygen atoms in total. The van der Waals surface area contributed by atoms with E-state index in [1.807, 2.05) is 42.8 Å². The molecule has 0 bridgehead atoms. The highest BCUT2D eigenvalue weighted by atomic mass is 16.2. The van der Waals surface area contributed by atoms with Gasteiger partial charge in [0.15, 0.2) is 5.69 Å². The summed E-state index contributed by atoms with van der Waals surface area (Å²) in [5, 5.41) is 11.6. The highest BCUT2D eigenvalue weighted by Crippen LogP contribution is 2.20. The van der Waals surface area contributed by atoms with E-state index in [1.54, 1.807) is 11.1 Å². The highest BCUT2D eigenvalue weighted by molar-refractivity contribution is 6.04. The van der Waals surface area contributed by atoms with Gasteiger partial charge >= 0.3 is 0 Å². The monoisotopic (exact) mass is 313 g/mol. The summed E-state index contributed by atoms with van der Waals surface area (Å²) in [6.07, 6.45) is 3.83. The van der Waals surface area contributed by atoms with Gasteiger partial charge in [-0.25, -0.2) is 4.68 Å². The lowest BCUT2D eigenvalue weighted by atomic mass is 10.1. The van der Waals surface area contributed by atoms with Gasteiger partial charge in [0, 0.05) is 12.2 Å². The molecule has 122 valence electrons. The van der Waals surface area contributed by atoms with Crippen LogP contribution in [0.5, 0.6) is 0 Å². The molecule has 6 heteroatoms. The summed E-state index contributed by atoms with van der Waals surface area (Å²) in [7, 11) is 0. The molecule has 1 saturated heterocycles. The van der Waals surface area contributed by atoms with Gasteiger partial charge in [0.25, 0.3) is 5.91 Å². The Morgan fingerprint density at radius 3 is 2.65 bits per heavy atom. The van der Waals surface area contributed by atoms with Crippen molar-refractivity contribution in [2.24, 2.45) is 0 Å². The van der Waals surface area contributed by atoms with Crippen molar-refractivity contribution >= 4 is 11.6 Å². The molecule has 1 aliphatic heterocycles. The molecule has 0 unspecified atom stereocenters. The number of carbonyl (C=O) groups excluding carboxylic acids is 1. The van der Waals surface area contributed by atoms with Gasteiger partial charge in [-0.15, -0.1) is 5.10 Å². The minimum absolute atomic E-state index is 0.100. The number of hydrogen-bond donors (Lipinski definition) is 1. The molecule has 1 aromatic carbocycles. The van der Waals surface area contributed by atoms with Gasteiger partial charge in [0.1, 0.15) is 0 Å². The first-order valence-corrected chi connectivity index (χ1v) is 8.20. The van der Waals surface area contributed by atoms with Crippen molar-refractivity contribution in [2.45, 2.75) is 32.7 Å². The van der Waals surface area contributed by atoms with Crippen LogP contribution in [0.3, 0.4) is 0 Å². The van der Waals surface area contributed by atoms with E-state index in [1.165, 1.54) is 5.56 Å². The molecule has 1 N–H and O–H groups in total. The van der Waals surface area contributed by atoms with E-state index in [9.17, 15) is 4.79 Å². The van der Waals surface area contributed by atoms with E-state index in [-0.39, 0.29) is 5.91 Å². The Labute approximate surface area is 136 Å². The first-order chi connectivity index (χ1) is 11.2. The lowest BCUT2D eigenvalue weighted by Crippen LogP contribution is -2.31. The molecule has 23 heavy (non-hydrogen) atoms. The van der Waals surface area contributed by atoms with Crippen LogP contribution in [0.2, 0.25) is 0 Å². The number of carbonyl (C=O) groups is 1. The van der Waals surface area contributed by atoms with E-state index >= 15 is 0 Å². The molecule has 0 aliphatic carbocycles. The Bertz CT molecular complexity index is 658. The summed E-state index contributed by atoms with van der Waals surface area (Å²) in [5.74, 6) is -0.100. The van der Waals surface area contributed by atoms with E-state index in [0.717, 1.165) is 31.6 Å². The largest absolute Gasteiger partial charge is 0.317 e. The van der Waals surface area contributed by atoms with Crippen LogP contribution in [-0.4, -0.2) is 40.5 Å². The van der Waals surface area contributed by atoms with Crippen LogP contribution in [0.1, 0.15) is 41.9 Å². The summed E-state index contributed by atoms with van der Waals surface area (Å²) in [5.41, 5.74) is 2.47. The molecule has 1 fully saturated rings. The third-order valence-corrected chi connectivity index (χ3v) is 4.32. The second-order valence-electron chi connectivity index (χ2n) is 5.95. The van der Waals surface area contributed by atoms with Crippen molar-refractivity contribution in [2.75, 3.05) is 24.5 Å². The van der Waals surface area contributed by atoms with Gasteiger partial charge in [-0.1, -0.05) is 22.9 Å². The number of piperidine rings is 1. The molecule has 0 spiro atoms. The van der Waals surface area contributed by atoms with E-state index in [2.05, 4.69) is 15.6 Å².